The molecule has 0 bridgehead atoms. The highest BCUT2D eigenvalue weighted by molar-refractivity contribution is 5.85. The van der Waals surface area contributed by atoms with Gasteiger partial charge in [-0.2, -0.15) is 0 Å². The maximum Gasteiger partial charge on any atom is 0.220 e. The molecule has 1 unspecified atom stereocenters. The molecule has 0 spiro atoms. The van der Waals surface area contributed by atoms with E-state index in [2.05, 4.69) is 5.32 Å². The van der Waals surface area contributed by atoms with Crippen molar-refractivity contribution in [2.45, 2.75) is 27.2 Å². The maximum atomic E-state index is 10.9. The largest absolute Gasteiger partial charge is 0.356 e. The predicted octanol–water partition coefficient (Wildman–Crippen LogP) is 0.738. The normalized spacial score (nSPS) is 12.3. The van der Waals surface area contributed by atoms with Gasteiger partial charge in [0.2, 0.25) is 5.91 Å². The van der Waals surface area contributed by atoms with Crippen LogP contribution in [0.15, 0.2) is 0 Å². The van der Waals surface area contributed by atoms with Gasteiger partial charge in [-0.05, 0) is 13.8 Å². The van der Waals surface area contributed by atoms with Crippen molar-refractivity contribution in [3.8, 4) is 0 Å². The highest BCUT2D eigenvalue weighted by Crippen LogP contribution is 2.01. The van der Waals surface area contributed by atoms with Gasteiger partial charge in [-0.25, -0.2) is 0 Å². The van der Waals surface area contributed by atoms with Crippen LogP contribution in [0.5, 0.6) is 0 Å². The summed E-state index contributed by atoms with van der Waals surface area (Å²) in [7, 11) is 0. The van der Waals surface area contributed by atoms with Gasteiger partial charge in [-0.3, -0.25) is 9.59 Å². The van der Waals surface area contributed by atoms with Crippen molar-refractivity contribution < 1.29 is 9.59 Å². The van der Waals surface area contributed by atoms with Crippen molar-refractivity contribution in [3.63, 3.8) is 0 Å². The number of Topliss-reactive ketones (excluding diaryl/α,β-unsaturated/α-hetero) is 1. The van der Waals surface area contributed by atoms with E-state index in [4.69, 9.17) is 0 Å². The van der Waals surface area contributed by atoms with Crippen LogP contribution in [0, 0.1) is 5.92 Å². The Labute approximate surface area is 67.2 Å². The Balaban J connectivity index is 3.66. The fourth-order valence-corrected chi connectivity index (χ4v) is 0.691. The quantitative estimate of drug-likeness (QED) is 0.654. The van der Waals surface area contributed by atoms with Gasteiger partial charge < -0.3 is 5.32 Å². The number of hydrogen-bond donors (Lipinski definition) is 1. The summed E-state index contributed by atoms with van der Waals surface area (Å²) in [5, 5.41) is 2.64. The lowest BCUT2D eigenvalue weighted by atomic mass is 10.0. The summed E-state index contributed by atoms with van der Waals surface area (Å²) < 4.78 is 0. The standard InChI is InChI=1S/C8H15NO2/c1-4-9-8(11)5-6(2)7(3)10/h6H,4-5H2,1-3H3,(H,9,11). The van der Waals surface area contributed by atoms with Gasteiger partial charge in [0.05, 0.1) is 0 Å². The molecule has 3 nitrogen and oxygen atoms in total. The lowest BCUT2D eigenvalue weighted by molar-refractivity contribution is -0.127. The third kappa shape index (κ3) is 4.53. The second-order valence-corrected chi connectivity index (χ2v) is 2.67. The van der Waals surface area contributed by atoms with Crippen LogP contribution in [0.3, 0.4) is 0 Å². The molecule has 0 radical (unpaired) electrons. The number of amides is 1. The number of rotatable bonds is 4. The fraction of sp³-hybridized carbons (Fsp3) is 0.750. The van der Waals surface area contributed by atoms with Crippen LogP contribution in [0.1, 0.15) is 27.2 Å². The van der Waals surface area contributed by atoms with E-state index >= 15 is 0 Å². The molecule has 64 valence electrons. The minimum absolute atomic E-state index is 0.0461. The second-order valence-electron chi connectivity index (χ2n) is 2.67. The first-order valence-corrected chi connectivity index (χ1v) is 3.85. The van der Waals surface area contributed by atoms with Crippen LogP contribution in [-0.4, -0.2) is 18.2 Å². The zero-order valence-electron chi connectivity index (χ0n) is 7.31. The van der Waals surface area contributed by atoms with Gasteiger partial charge in [-0.15, -0.1) is 0 Å². The highest BCUT2D eigenvalue weighted by Gasteiger charge is 2.11. The number of carbonyl (C=O) groups is 2. The average molecular weight is 157 g/mol. The Morgan fingerprint density at radius 3 is 2.36 bits per heavy atom. The molecule has 0 aliphatic heterocycles. The van der Waals surface area contributed by atoms with Gasteiger partial charge >= 0.3 is 0 Å². The Bertz CT molecular complexity index is 154. The minimum atomic E-state index is -0.151. The summed E-state index contributed by atoms with van der Waals surface area (Å²) in [4.78, 5) is 21.6. The maximum absolute atomic E-state index is 10.9. The van der Waals surface area contributed by atoms with Crippen LogP contribution in [0.4, 0.5) is 0 Å². The van der Waals surface area contributed by atoms with Crippen molar-refractivity contribution in [1.29, 1.82) is 0 Å². The van der Waals surface area contributed by atoms with E-state index in [1.54, 1.807) is 6.92 Å². The number of carbonyl (C=O) groups excluding carboxylic acids is 2. The zero-order chi connectivity index (χ0) is 8.85. The molecule has 0 saturated heterocycles. The Morgan fingerprint density at radius 1 is 1.45 bits per heavy atom. The summed E-state index contributed by atoms with van der Waals surface area (Å²) in [5.41, 5.74) is 0. The predicted molar refractivity (Wildman–Crippen MR) is 43.1 cm³/mol. The molecule has 0 aliphatic rings. The van der Waals surface area contributed by atoms with Gasteiger partial charge in [-0.1, -0.05) is 6.92 Å². The van der Waals surface area contributed by atoms with E-state index in [1.807, 2.05) is 6.92 Å². The molecule has 3 heteroatoms. The third-order valence-corrected chi connectivity index (χ3v) is 1.56. The molecule has 0 saturated carbocycles. The Hall–Kier alpha value is -0.860. The number of ketones is 1. The fourth-order valence-electron chi connectivity index (χ4n) is 0.691. The first-order chi connectivity index (χ1) is 5.07. The summed E-state index contributed by atoms with van der Waals surface area (Å²) in [5.74, 6) is -0.131. The smallest absolute Gasteiger partial charge is 0.220 e. The lowest BCUT2D eigenvalue weighted by Crippen LogP contribution is -2.26. The minimum Gasteiger partial charge on any atom is -0.356 e. The van der Waals surface area contributed by atoms with Crippen LogP contribution in [-0.2, 0) is 9.59 Å². The average Bonchev–Trinajstić information content (AvgIpc) is 1.87. The van der Waals surface area contributed by atoms with E-state index in [9.17, 15) is 9.59 Å². The Morgan fingerprint density at radius 2 is 2.00 bits per heavy atom. The van der Waals surface area contributed by atoms with E-state index in [1.165, 1.54) is 6.92 Å². The van der Waals surface area contributed by atoms with Crippen LogP contribution in [0.2, 0.25) is 0 Å². The molecule has 0 fully saturated rings. The van der Waals surface area contributed by atoms with Crippen LogP contribution < -0.4 is 5.32 Å². The third-order valence-electron chi connectivity index (χ3n) is 1.56. The molecule has 1 amide bonds. The topological polar surface area (TPSA) is 46.2 Å². The molecule has 11 heavy (non-hydrogen) atoms. The molecule has 0 aliphatic carbocycles. The van der Waals surface area contributed by atoms with E-state index in [-0.39, 0.29) is 17.6 Å². The molecule has 1 atom stereocenters. The molecular formula is C8H15NO2. The Kier molecular flexibility index (Phi) is 4.50. The van der Waals surface area contributed by atoms with Crippen LogP contribution >= 0.6 is 0 Å². The zero-order valence-corrected chi connectivity index (χ0v) is 7.31. The summed E-state index contributed by atoms with van der Waals surface area (Å²) in [6.45, 7) is 5.75. The first kappa shape index (κ1) is 10.1. The van der Waals surface area contributed by atoms with Gasteiger partial charge in [0.15, 0.2) is 0 Å². The summed E-state index contributed by atoms with van der Waals surface area (Å²) in [6.07, 6.45) is 0.309. The molecule has 0 aromatic rings. The van der Waals surface area contributed by atoms with Gasteiger partial charge in [0.1, 0.15) is 5.78 Å². The van der Waals surface area contributed by atoms with Crippen molar-refractivity contribution in [2.24, 2.45) is 5.92 Å². The van der Waals surface area contributed by atoms with Crippen molar-refractivity contribution in [1.82, 2.24) is 5.32 Å². The van der Waals surface area contributed by atoms with Crippen molar-refractivity contribution in [2.75, 3.05) is 6.54 Å². The molecule has 0 heterocycles. The van der Waals surface area contributed by atoms with E-state index in [0.717, 1.165) is 0 Å². The molecule has 0 aromatic carbocycles. The van der Waals surface area contributed by atoms with Crippen molar-refractivity contribution >= 4 is 11.7 Å². The van der Waals surface area contributed by atoms with Crippen molar-refractivity contribution in [3.05, 3.63) is 0 Å². The van der Waals surface area contributed by atoms with Crippen LogP contribution in [0.25, 0.3) is 0 Å². The van der Waals surface area contributed by atoms with E-state index < -0.39 is 0 Å². The summed E-state index contributed by atoms with van der Waals surface area (Å²) >= 11 is 0. The second kappa shape index (κ2) is 4.88. The van der Waals surface area contributed by atoms with E-state index in [0.29, 0.717) is 13.0 Å². The molecule has 0 rings (SSSR count). The number of nitrogens with one attached hydrogen (secondary N) is 1. The van der Waals surface area contributed by atoms with Gasteiger partial charge in [0.25, 0.3) is 0 Å². The summed E-state index contributed by atoms with van der Waals surface area (Å²) in [6, 6.07) is 0. The molecule has 1 N–H and O–H groups in total. The SMILES string of the molecule is CCNC(=O)CC(C)C(C)=O. The number of hydrogen-bond acceptors (Lipinski definition) is 2. The molecule has 0 aromatic heterocycles. The monoisotopic (exact) mass is 157 g/mol. The lowest BCUT2D eigenvalue weighted by Gasteiger charge is -2.05. The highest BCUT2D eigenvalue weighted by atomic mass is 16.2. The van der Waals surface area contributed by atoms with Gasteiger partial charge in [0, 0.05) is 18.9 Å². The molecular weight excluding hydrogens is 142 g/mol. The first-order valence-electron chi connectivity index (χ1n) is 3.85.